The van der Waals surface area contributed by atoms with Crippen molar-refractivity contribution < 1.29 is 26.5 Å². The molecule has 0 amide bonds. The van der Waals surface area contributed by atoms with Crippen molar-refractivity contribution in [1.29, 1.82) is 0 Å². The van der Waals surface area contributed by atoms with E-state index in [1.165, 1.54) is 0 Å². The van der Waals surface area contributed by atoms with E-state index >= 15 is 0 Å². The number of nitrogens with zero attached hydrogens (tertiary/aromatic N) is 1. The number of rotatable bonds is 3. The molecule has 4 heteroatoms. The second-order valence-corrected chi connectivity index (χ2v) is 2.66. The Morgan fingerprint density at radius 3 is 1.93 bits per heavy atom. The molecule has 3 nitrogen and oxygen atoms in total. The van der Waals surface area contributed by atoms with Gasteiger partial charge in [0.05, 0.1) is 0 Å². The topological polar surface area (TPSA) is 40.2 Å². The Kier molecular flexibility index (Phi) is 24.9. The van der Waals surface area contributed by atoms with Crippen molar-refractivity contribution in [3.8, 4) is 0 Å². The molecule has 0 saturated heterocycles. The van der Waals surface area contributed by atoms with Crippen LogP contribution in [0.3, 0.4) is 0 Å². The van der Waals surface area contributed by atoms with E-state index in [0.29, 0.717) is 6.42 Å². The van der Waals surface area contributed by atoms with Crippen LogP contribution < -0.4 is 0 Å². The molecule has 0 spiro atoms. The van der Waals surface area contributed by atoms with Gasteiger partial charge in [0.1, 0.15) is 0 Å². The molecule has 1 aromatic carbocycles. The molecule has 1 aromatic rings. The quantitative estimate of drug-likeness (QED) is 0.461. The third-order valence-electron chi connectivity index (χ3n) is 1.22. The standard InChI is InChI=1S/C5H10NO.C5H5.CO.Fe/c1-6(2)4-3-5-7;1-2-4-5-3-1;1-2;/h3-4H2,1-2H3;1-5H;;/q2*-1;;. The maximum atomic E-state index is 9.56. The molecule has 0 atom stereocenters. The summed E-state index contributed by atoms with van der Waals surface area (Å²) in [6.07, 6.45) is 2.33. The van der Waals surface area contributed by atoms with Crippen LogP contribution in [0.15, 0.2) is 30.3 Å². The molecular formula is C11H15FeNO2-2. The van der Waals surface area contributed by atoms with Crippen molar-refractivity contribution in [2.24, 2.45) is 0 Å². The van der Waals surface area contributed by atoms with Crippen LogP contribution in [0.2, 0.25) is 0 Å². The smallest absolute Gasteiger partial charge is 0 e. The van der Waals surface area contributed by atoms with Gasteiger partial charge in [-0.1, -0.05) is 0 Å². The number of hydrogen-bond acceptors (Lipinski definition) is 2. The van der Waals surface area contributed by atoms with Gasteiger partial charge in [0.15, 0.2) is 0 Å². The summed E-state index contributed by atoms with van der Waals surface area (Å²) in [6.45, 7) is 5.31. The average Bonchev–Trinajstić information content (AvgIpc) is 2.76. The number of carbonyl (C=O) groups excluding carboxylic acids is 1. The van der Waals surface area contributed by atoms with E-state index in [9.17, 15) is 4.79 Å². The van der Waals surface area contributed by atoms with E-state index in [-0.39, 0.29) is 17.1 Å². The third-order valence-corrected chi connectivity index (χ3v) is 1.22. The zero-order chi connectivity index (χ0) is 11.2. The fourth-order valence-corrected chi connectivity index (χ4v) is 0.590. The summed E-state index contributed by atoms with van der Waals surface area (Å²) < 4.78 is 7.50. The van der Waals surface area contributed by atoms with Crippen LogP contribution >= 0.6 is 0 Å². The summed E-state index contributed by atoms with van der Waals surface area (Å²) in [7, 11) is 3.86. The van der Waals surface area contributed by atoms with Gasteiger partial charge < -0.3 is 9.69 Å². The normalized spacial score (nSPS) is 7.27. The van der Waals surface area contributed by atoms with Crippen molar-refractivity contribution in [1.82, 2.24) is 4.90 Å². The molecule has 0 aliphatic carbocycles. The summed E-state index contributed by atoms with van der Waals surface area (Å²) in [5, 5.41) is 0. The molecule has 0 aromatic heterocycles. The van der Waals surface area contributed by atoms with Crippen LogP contribution in [0, 0.1) is 6.65 Å². The third kappa shape index (κ3) is 24.6. The molecule has 0 saturated carbocycles. The Morgan fingerprint density at radius 2 is 1.80 bits per heavy atom. The molecule has 86 valence electrons. The summed E-state index contributed by atoms with van der Waals surface area (Å²) in [4.78, 5) is 11.5. The summed E-state index contributed by atoms with van der Waals surface area (Å²) >= 11 is 0. The Morgan fingerprint density at radius 1 is 1.33 bits per heavy atom. The molecule has 0 bridgehead atoms. The van der Waals surface area contributed by atoms with Gasteiger partial charge >= 0.3 is 11.3 Å². The fraction of sp³-hybridized carbons (Fsp3) is 0.364. The molecule has 15 heavy (non-hydrogen) atoms. The molecule has 0 fully saturated rings. The zero-order valence-corrected chi connectivity index (χ0v) is 10.0. The van der Waals surface area contributed by atoms with Gasteiger partial charge in [-0.05, 0) is 20.6 Å². The molecule has 0 aliphatic heterocycles. The van der Waals surface area contributed by atoms with Crippen LogP contribution in [-0.2, 0) is 26.5 Å². The number of hydrogen-bond donors (Lipinski definition) is 0. The van der Waals surface area contributed by atoms with E-state index in [1.807, 2.05) is 55.6 Å². The first-order chi connectivity index (χ1) is 6.77. The largest absolute Gasteiger partial charge is 0.214 e. The summed E-state index contributed by atoms with van der Waals surface area (Å²) in [5.41, 5.74) is 0. The maximum Gasteiger partial charge on any atom is 0 e. The van der Waals surface area contributed by atoms with Crippen LogP contribution in [0.1, 0.15) is 6.42 Å². The molecule has 0 radical (unpaired) electrons. The minimum atomic E-state index is 0. The monoisotopic (exact) mass is 249 g/mol. The Labute approximate surface area is 102 Å². The van der Waals surface area contributed by atoms with Crippen LogP contribution in [0.5, 0.6) is 0 Å². The summed E-state index contributed by atoms with van der Waals surface area (Å²) in [6, 6.07) is 10.0. The van der Waals surface area contributed by atoms with Crippen molar-refractivity contribution in [2.45, 2.75) is 6.42 Å². The molecule has 0 N–H and O–H groups in total. The Balaban J connectivity index is -0.000000159. The van der Waals surface area contributed by atoms with Gasteiger partial charge in [-0.2, -0.15) is 18.2 Å². The first kappa shape index (κ1) is 19.8. The predicted molar refractivity (Wildman–Crippen MR) is 54.8 cm³/mol. The molecule has 0 aliphatic rings. The Hall–Kier alpha value is -0.761. The summed E-state index contributed by atoms with van der Waals surface area (Å²) in [5.74, 6) is 0. The zero-order valence-electron chi connectivity index (χ0n) is 8.92. The van der Waals surface area contributed by atoms with Crippen LogP contribution in [-0.4, -0.2) is 31.8 Å². The minimum absolute atomic E-state index is 0. The van der Waals surface area contributed by atoms with Gasteiger partial charge in [0, 0.05) is 17.1 Å². The van der Waals surface area contributed by atoms with Crippen LogP contribution in [0.25, 0.3) is 0 Å². The van der Waals surface area contributed by atoms with Gasteiger partial charge in [0.2, 0.25) is 0 Å². The van der Waals surface area contributed by atoms with E-state index in [4.69, 9.17) is 4.65 Å². The van der Waals surface area contributed by atoms with Crippen LogP contribution in [0.4, 0.5) is 0 Å². The molecule has 0 heterocycles. The van der Waals surface area contributed by atoms with Crippen molar-refractivity contribution >= 4 is 6.29 Å². The minimum Gasteiger partial charge on any atom is -0.214 e. The molecule has 1 rings (SSSR count). The maximum absolute atomic E-state index is 9.56. The van der Waals surface area contributed by atoms with E-state index in [2.05, 4.69) is 6.65 Å². The molecule has 0 unspecified atom stereocenters. The predicted octanol–water partition coefficient (Wildman–Crippen LogP) is 1.41. The fourth-order valence-electron chi connectivity index (χ4n) is 0.590. The van der Waals surface area contributed by atoms with Gasteiger partial charge in [-0.25, -0.2) is 12.1 Å². The van der Waals surface area contributed by atoms with Gasteiger partial charge in [-0.15, -0.1) is 6.42 Å². The molecular weight excluding hydrogens is 234 g/mol. The van der Waals surface area contributed by atoms with Gasteiger partial charge in [-0.3, -0.25) is 6.29 Å². The SMILES string of the molecule is CN(C)CC[C-]=O.[C-]#[O+].[Fe].c1cc[cH-]c1. The average molecular weight is 249 g/mol. The van der Waals surface area contributed by atoms with Crippen molar-refractivity contribution in [3.63, 3.8) is 0 Å². The Bertz CT molecular complexity index is 190. The van der Waals surface area contributed by atoms with Crippen molar-refractivity contribution in [2.75, 3.05) is 20.6 Å². The van der Waals surface area contributed by atoms with E-state index < -0.39 is 0 Å². The second-order valence-electron chi connectivity index (χ2n) is 2.66. The second kappa shape index (κ2) is 18.9. The van der Waals surface area contributed by atoms with Gasteiger partial charge in [0.25, 0.3) is 0 Å². The van der Waals surface area contributed by atoms with Crippen molar-refractivity contribution in [3.05, 3.63) is 37.0 Å². The van der Waals surface area contributed by atoms with E-state index in [1.54, 1.807) is 0 Å². The first-order valence-electron chi connectivity index (χ1n) is 4.14. The van der Waals surface area contributed by atoms with E-state index in [0.717, 1.165) is 6.54 Å². The first-order valence-corrected chi connectivity index (χ1v) is 4.14.